The zero-order chi connectivity index (χ0) is 13.8. The predicted molar refractivity (Wildman–Crippen MR) is 77.1 cm³/mol. The van der Waals surface area contributed by atoms with Gasteiger partial charge in [-0.15, -0.1) is 0 Å². The highest BCUT2D eigenvalue weighted by atomic mass is 15.3. The number of pyridine rings is 1. The van der Waals surface area contributed by atoms with Gasteiger partial charge in [0.2, 0.25) is 0 Å². The van der Waals surface area contributed by atoms with Gasteiger partial charge in [-0.3, -0.25) is 9.67 Å². The molecule has 0 aliphatic rings. The molecule has 19 heavy (non-hydrogen) atoms. The van der Waals surface area contributed by atoms with Gasteiger partial charge in [0.15, 0.2) is 0 Å². The van der Waals surface area contributed by atoms with Crippen LogP contribution in [0.3, 0.4) is 0 Å². The van der Waals surface area contributed by atoms with Crippen molar-refractivity contribution in [3.05, 3.63) is 47.0 Å². The summed E-state index contributed by atoms with van der Waals surface area (Å²) in [4.78, 5) is 4.37. The van der Waals surface area contributed by atoms with E-state index in [4.69, 9.17) is 0 Å². The van der Waals surface area contributed by atoms with E-state index in [-0.39, 0.29) is 6.04 Å². The van der Waals surface area contributed by atoms with Crippen molar-refractivity contribution in [1.82, 2.24) is 20.1 Å². The molecule has 0 amide bonds. The van der Waals surface area contributed by atoms with Crippen LogP contribution in [-0.4, -0.2) is 21.8 Å². The van der Waals surface area contributed by atoms with Crippen molar-refractivity contribution in [2.24, 2.45) is 0 Å². The number of aromatic nitrogens is 3. The fraction of sp³-hybridized carbons (Fsp3) is 0.467. The summed E-state index contributed by atoms with van der Waals surface area (Å²) in [5, 5.41) is 7.86. The molecule has 2 rings (SSSR count). The molecule has 2 heterocycles. The van der Waals surface area contributed by atoms with E-state index in [1.54, 1.807) is 0 Å². The van der Waals surface area contributed by atoms with Crippen LogP contribution in [0.1, 0.15) is 35.6 Å². The fourth-order valence-corrected chi connectivity index (χ4v) is 2.32. The molecule has 2 aromatic rings. The smallest absolute Gasteiger partial charge is 0.0596 e. The second kappa shape index (κ2) is 5.97. The summed E-state index contributed by atoms with van der Waals surface area (Å²) in [5.41, 5.74) is 4.61. The van der Waals surface area contributed by atoms with Crippen LogP contribution < -0.4 is 5.32 Å². The Balaban J connectivity index is 2.21. The molecule has 0 radical (unpaired) electrons. The molecule has 0 aliphatic heterocycles. The monoisotopic (exact) mass is 258 g/mol. The van der Waals surface area contributed by atoms with Gasteiger partial charge < -0.3 is 5.32 Å². The highest BCUT2D eigenvalue weighted by molar-refractivity contribution is 5.20. The number of nitrogens with zero attached hydrogens (tertiary/aromatic N) is 3. The Labute approximate surface area is 114 Å². The average molecular weight is 258 g/mol. The lowest BCUT2D eigenvalue weighted by Gasteiger charge is -2.17. The van der Waals surface area contributed by atoms with Crippen molar-refractivity contribution in [1.29, 1.82) is 0 Å². The molecule has 0 saturated heterocycles. The Bertz CT molecular complexity index is 528. The van der Waals surface area contributed by atoms with E-state index in [2.05, 4.69) is 45.2 Å². The molecule has 4 heteroatoms. The number of likely N-dealkylation sites (N-methyl/N-ethyl adjacent to an activating group) is 1. The number of hydrogen-bond acceptors (Lipinski definition) is 3. The van der Waals surface area contributed by atoms with Gasteiger partial charge in [-0.2, -0.15) is 5.10 Å². The maximum atomic E-state index is 4.50. The first-order valence-electron chi connectivity index (χ1n) is 6.77. The molecule has 0 aromatic carbocycles. The lowest BCUT2D eigenvalue weighted by molar-refractivity contribution is 0.540. The Hall–Kier alpha value is -1.68. The van der Waals surface area contributed by atoms with Crippen molar-refractivity contribution < 1.29 is 0 Å². The molecule has 1 N–H and O–H groups in total. The Kier molecular flexibility index (Phi) is 4.32. The van der Waals surface area contributed by atoms with Gasteiger partial charge in [0.1, 0.15) is 0 Å². The molecule has 2 aromatic heterocycles. The van der Waals surface area contributed by atoms with E-state index < -0.39 is 0 Å². The third-order valence-corrected chi connectivity index (χ3v) is 3.38. The van der Waals surface area contributed by atoms with Gasteiger partial charge in [-0.25, -0.2) is 0 Å². The van der Waals surface area contributed by atoms with Crippen molar-refractivity contribution in [3.63, 3.8) is 0 Å². The minimum atomic E-state index is 0.273. The van der Waals surface area contributed by atoms with Crippen LogP contribution in [0.4, 0.5) is 0 Å². The summed E-state index contributed by atoms with van der Waals surface area (Å²) in [7, 11) is 1.99. The molecular weight excluding hydrogens is 236 g/mol. The molecule has 0 spiro atoms. The van der Waals surface area contributed by atoms with Crippen molar-refractivity contribution in [2.75, 3.05) is 7.05 Å². The van der Waals surface area contributed by atoms with E-state index in [9.17, 15) is 0 Å². The number of aryl methyl sites for hydroxylation is 3. The minimum Gasteiger partial charge on any atom is -0.313 e. The summed E-state index contributed by atoms with van der Waals surface area (Å²) < 4.78 is 2.07. The molecule has 0 aliphatic carbocycles. The number of hydrogen-bond donors (Lipinski definition) is 1. The molecule has 102 valence electrons. The summed E-state index contributed by atoms with van der Waals surface area (Å²) >= 11 is 0. The van der Waals surface area contributed by atoms with Crippen LogP contribution >= 0.6 is 0 Å². The third-order valence-electron chi connectivity index (χ3n) is 3.38. The molecule has 1 unspecified atom stereocenters. The highest BCUT2D eigenvalue weighted by Gasteiger charge is 2.14. The molecular formula is C15H22N4. The number of nitrogens with one attached hydrogen (secondary N) is 1. The highest BCUT2D eigenvalue weighted by Crippen LogP contribution is 2.18. The first-order chi connectivity index (χ1) is 9.13. The molecule has 0 fully saturated rings. The van der Waals surface area contributed by atoms with Crippen LogP contribution in [0, 0.1) is 13.8 Å². The lowest BCUT2D eigenvalue weighted by atomic mass is 10.0. The SMILES string of the molecule is CCn1nc(C)cc1CC(NC)c1ccc(C)nc1. The predicted octanol–water partition coefficient (Wildman–Crippen LogP) is 2.42. The standard InChI is InChI=1S/C15H22N4/c1-5-19-14(8-12(3)18-19)9-15(16-4)13-7-6-11(2)17-10-13/h6-8,10,15-16H,5,9H2,1-4H3. The van der Waals surface area contributed by atoms with Crippen LogP contribution in [0.5, 0.6) is 0 Å². The van der Waals surface area contributed by atoms with Gasteiger partial charge in [0.25, 0.3) is 0 Å². The number of rotatable bonds is 5. The van der Waals surface area contributed by atoms with Crippen molar-refractivity contribution >= 4 is 0 Å². The molecule has 0 saturated carbocycles. The van der Waals surface area contributed by atoms with Crippen LogP contribution in [0.2, 0.25) is 0 Å². The Morgan fingerprint density at radius 3 is 2.63 bits per heavy atom. The molecule has 4 nitrogen and oxygen atoms in total. The van der Waals surface area contributed by atoms with E-state index in [0.717, 1.165) is 24.4 Å². The minimum absolute atomic E-state index is 0.273. The second-order valence-electron chi connectivity index (χ2n) is 4.87. The zero-order valence-electron chi connectivity index (χ0n) is 12.1. The van der Waals surface area contributed by atoms with Gasteiger partial charge in [0.05, 0.1) is 5.69 Å². The van der Waals surface area contributed by atoms with Crippen molar-refractivity contribution in [2.45, 2.75) is 39.8 Å². The second-order valence-corrected chi connectivity index (χ2v) is 4.87. The molecule has 1 atom stereocenters. The average Bonchev–Trinajstić information content (AvgIpc) is 2.77. The summed E-state index contributed by atoms with van der Waals surface area (Å²) in [6.45, 7) is 7.08. The van der Waals surface area contributed by atoms with E-state index in [1.165, 1.54) is 11.3 Å². The maximum Gasteiger partial charge on any atom is 0.0596 e. The first kappa shape index (κ1) is 13.7. The summed E-state index contributed by atoms with van der Waals surface area (Å²) in [6.07, 6.45) is 2.88. The Morgan fingerprint density at radius 1 is 1.26 bits per heavy atom. The van der Waals surface area contributed by atoms with E-state index in [1.807, 2.05) is 27.1 Å². The van der Waals surface area contributed by atoms with Gasteiger partial charge in [-0.1, -0.05) is 6.07 Å². The molecule has 0 bridgehead atoms. The largest absolute Gasteiger partial charge is 0.313 e. The van der Waals surface area contributed by atoms with Crippen LogP contribution in [0.25, 0.3) is 0 Å². The van der Waals surface area contributed by atoms with Gasteiger partial charge in [0, 0.05) is 36.6 Å². The van der Waals surface area contributed by atoms with Gasteiger partial charge in [-0.05, 0) is 45.5 Å². The van der Waals surface area contributed by atoms with E-state index >= 15 is 0 Å². The first-order valence-corrected chi connectivity index (χ1v) is 6.77. The summed E-state index contributed by atoms with van der Waals surface area (Å²) in [6, 6.07) is 6.63. The van der Waals surface area contributed by atoms with Crippen LogP contribution in [-0.2, 0) is 13.0 Å². The summed E-state index contributed by atoms with van der Waals surface area (Å²) in [5.74, 6) is 0. The normalized spacial score (nSPS) is 12.6. The van der Waals surface area contributed by atoms with Crippen molar-refractivity contribution in [3.8, 4) is 0 Å². The zero-order valence-corrected chi connectivity index (χ0v) is 12.1. The maximum absolute atomic E-state index is 4.50. The third kappa shape index (κ3) is 3.20. The fourth-order valence-electron chi connectivity index (χ4n) is 2.32. The quantitative estimate of drug-likeness (QED) is 0.895. The van der Waals surface area contributed by atoms with Gasteiger partial charge >= 0.3 is 0 Å². The van der Waals surface area contributed by atoms with E-state index in [0.29, 0.717) is 0 Å². The Morgan fingerprint density at radius 2 is 2.05 bits per heavy atom. The lowest BCUT2D eigenvalue weighted by Crippen LogP contribution is -2.20. The topological polar surface area (TPSA) is 42.7 Å². The van der Waals surface area contributed by atoms with Crippen LogP contribution in [0.15, 0.2) is 24.4 Å².